The normalized spacial score (nSPS) is 10.7. The summed E-state index contributed by atoms with van der Waals surface area (Å²) < 4.78 is 7.80. The summed E-state index contributed by atoms with van der Waals surface area (Å²) in [7, 11) is 5.83. The lowest BCUT2D eigenvalue weighted by atomic mass is 10.1. The number of benzene rings is 1. The number of carbonyl (C=O) groups excluding carboxylic acids is 1. The molecule has 0 spiro atoms. The molecule has 2 aromatic rings. The predicted molar refractivity (Wildman–Crippen MR) is 84.2 cm³/mol. The first-order valence-corrected chi connectivity index (χ1v) is 7.30. The van der Waals surface area contributed by atoms with Crippen LogP contribution in [0, 0.1) is 0 Å². The van der Waals surface area contributed by atoms with Gasteiger partial charge in [-0.05, 0) is 25.2 Å². The van der Waals surface area contributed by atoms with Gasteiger partial charge < -0.3 is 9.80 Å². The minimum Gasteiger partial charge on any atom is -0.323 e. The summed E-state index contributed by atoms with van der Waals surface area (Å²) >= 11 is 1.07. The van der Waals surface area contributed by atoms with Crippen LogP contribution in [0.4, 0.5) is 10.6 Å². The van der Waals surface area contributed by atoms with E-state index in [1.807, 2.05) is 26.2 Å². The zero-order chi connectivity index (χ0) is 15.2. The first-order valence-electron chi connectivity index (χ1n) is 6.57. The third-order valence-corrected chi connectivity index (χ3v) is 3.36. The van der Waals surface area contributed by atoms with E-state index in [1.165, 1.54) is 11.8 Å². The van der Waals surface area contributed by atoms with E-state index in [1.54, 1.807) is 11.9 Å². The third-order valence-electron chi connectivity index (χ3n) is 2.88. The van der Waals surface area contributed by atoms with Gasteiger partial charge in [-0.1, -0.05) is 24.3 Å². The molecular weight excluding hydrogens is 286 g/mol. The number of hydrogen-bond acceptors (Lipinski definition) is 5. The number of aromatic nitrogens is 2. The van der Waals surface area contributed by atoms with Crippen LogP contribution in [0.5, 0.6) is 0 Å². The van der Waals surface area contributed by atoms with Crippen molar-refractivity contribution in [3.8, 4) is 0 Å². The molecule has 0 saturated heterocycles. The fourth-order valence-electron chi connectivity index (χ4n) is 1.89. The zero-order valence-corrected chi connectivity index (χ0v) is 13.2. The molecule has 0 aliphatic carbocycles. The van der Waals surface area contributed by atoms with Gasteiger partial charge in [0, 0.05) is 20.1 Å². The van der Waals surface area contributed by atoms with Gasteiger partial charge in [0.2, 0.25) is 0 Å². The molecule has 0 radical (unpaired) electrons. The van der Waals surface area contributed by atoms with Gasteiger partial charge in [0.05, 0.1) is 17.9 Å². The molecule has 7 heteroatoms. The van der Waals surface area contributed by atoms with E-state index in [-0.39, 0.29) is 6.03 Å². The van der Waals surface area contributed by atoms with Gasteiger partial charge in [-0.15, -0.1) is 0 Å². The molecule has 1 N–H and O–H groups in total. The van der Waals surface area contributed by atoms with Crippen LogP contribution in [0.3, 0.4) is 0 Å². The summed E-state index contributed by atoms with van der Waals surface area (Å²) in [6.07, 6.45) is 1.53. The molecule has 6 nitrogen and oxygen atoms in total. The van der Waals surface area contributed by atoms with E-state index in [0.29, 0.717) is 12.4 Å². The van der Waals surface area contributed by atoms with Gasteiger partial charge in [0.1, 0.15) is 0 Å². The fourth-order valence-corrected chi connectivity index (χ4v) is 2.26. The minimum atomic E-state index is -0.194. The van der Waals surface area contributed by atoms with Gasteiger partial charge >= 0.3 is 6.03 Å². The van der Waals surface area contributed by atoms with Crippen molar-refractivity contribution in [1.82, 2.24) is 18.5 Å². The summed E-state index contributed by atoms with van der Waals surface area (Å²) in [5.74, 6) is 0.484. The Hall–Kier alpha value is -1.99. The molecule has 1 aromatic carbocycles. The number of carbonyl (C=O) groups is 1. The standard InChI is InChI=1S/C14H19N5OS/c1-18(2)9-11-4-6-12(7-5-11)10-19(3)14(20)16-13-8-15-21-17-13/h4-8H,9-10H2,1-3H3,(H,16,17,20). The second-order valence-electron chi connectivity index (χ2n) is 5.13. The molecule has 0 aliphatic heterocycles. The van der Waals surface area contributed by atoms with Crippen molar-refractivity contribution >= 4 is 23.6 Å². The average molecular weight is 305 g/mol. The molecule has 0 fully saturated rings. The summed E-state index contributed by atoms with van der Waals surface area (Å²) in [4.78, 5) is 15.7. The lowest BCUT2D eigenvalue weighted by Gasteiger charge is -2.17. The molecule has 1 heterocycles. The maximum atomic E-state index is 12.0. The van der Waals surface area contributed by atoms with Crippen molar-refractivity contribution in [2.24, 2.45) is 0 Å². The van der Waals surface area contributed by atoms with Crippen LogP contribution < -0.4 is 5.32 Å². The number of amides is 2. The molecule has 2 rings (SSSR count). The Labute approximate surface area is 128 Å². The Kier molecular flexibility index (Phi) is 5.24. The van der Waals surface area contributed by atoms with Crippen LogP contribution in [0.1, 0.15) is 11.1 Å². The molecule has 0 bridgehead atoms. The first kappa shape index (κ1) is 15.4. The Bertz CT molecular complexity index is 568. The number of hydrogen-bond donors (Lipinski definition) is 1. The number of rotatable bonds is 5. The molecule has 1 aromatic heterocycles. The van der Waals surface area contributed by atoms with E-state index < -0.39 is 0 Å². The monoisotopic (exact) mass is 305 g/mol. The van der Waals surface area contributed by atoms with Crippen LogP contribution in [0.2, 0.25) is 0 Å². The lowest BCUT2D eigenvalue weighted by molar-refractivity contribution is 0.220. The van der Waals surface area contributed by atoms with Crippen molar-refractivity contribution < 1.29 is 4.79 Å². The number of nitrogens with zero attached hydrogens (tertiary/aromatic N) is 4. The molecule has 0 unspecified atom stereocenters. The Balaban J connectivity index is 1.89. The molecule has 0 aliphatic rings. The first-order chi connectivity index (χ1) is 10.0. The Morgan fingerprint density at radius 2 is 1.76 bits per heavy atom. The van der Waals surface area contributed by atoms with Crippen molar-refractivity contribution in [2.45, 2.75) is 13.1 Å². The van der Waals surface area contributed by atoms with Crippen LogP contribution in [-0.4, -0.2) is 45.7 Å². The maximum Gasteiger partial charge on any atom is 0.323 e. The second kappa shape index (κ2) is 7.14. The smallest absolute Gasteiger partial charge is 0.323 e. The highest BCUT2D eigenvalue weighted by Gasteiger charge is 2.10. The molecule has 112 valence electrons. The zero-order valence-electron chi connectivity index (χ0n) is 12.4. The predicted octanol–water partition coefficient (Wildman–Crippen LogP) is 2.26. The van der Waals surface area contributed by atoms with E-state index in [2.05, 4.69) is 31.1 Å². The highest BCUT2D eigenvalue weighted by atomic mass is 32.1. The lowest BCUT2D eigenvalue weighted by Crippen LogP contribution is -2.30. The minimum absolute atomic E-state index is 0.194. The largest absolute Gasteiger partial charge is 0.323 e. The molecule has 0 atom stereocenters. The summed E-state index contributed by atoms with van der Waals surface area (Å²) in [5, 5.41) is 2.70. The van der Waals surface area contributed by atoms with Gasteiger partial charge in [-0.25, -0.2) is 4.79 Å². The second-order valence-corrected chi connectivity index (χ2v) is 5.69. The van der Waals surface area contributed by atoms with Crippen molar-refractivity contribution in [3.05, 3.63) is 41.6 Å². The average Bonchev–Trinajstić information content (AvgIpc) is 2.93. The summed E-state index contributed by atoms with van der Waals surface area (Å²) in [5.41, 5.74) is 2.34. The van der Waals surface area contributed by atoms with Crippen molar-refractivity contribution in [1.29, 1.82) is 0 Å². The van der Waals surface area contributed by atoms with Crippen molar-refractivity contribution in [3.63, 3.8) is 0 Å². The van der Waals surface area contributed by atoms with Gasteiger partial charge in [0.25, 0.3) is 0 Å². The van der Waals surface area contributed by atoms with Crippen LogP contribution in [0.25, 0.3) is 0 Å². The van der Waals surface area contributed by atoms with E-state index in [9.17, 15) is 4.79 Å². The molecule has 2 amide bonds. The highest BCUT2D eigenvalue weighted by Crippen LogP contribution is 2.09. The number of urea groups is 1. The number of anilines is 1. The Morgan fingerprint density at radius 3 is 2.29 bits per heavy atom. The summed E-state index contributed by atoms with van der Waals surface area (Å²) in [6.45, 7) is 1.46. The van der Waals surface area contributed by atoms with Gasteiger partial charge in [0.15, 0.2) is 5.82 Å². The quantitative estimate of drug-likeness (QED) is 0.920. The van der Waals surface area contributed by atoms with Crippen molar-refractivity contribution in [2.75, 3.05) is 26.5 Å². The topological polar surface area (TPSA) is 61.4 Å². The highest BCUT2D eigenvalue weighted by molar-refractivity contribution is 6.99. The van der Waals surface area contributed by atoms with E-state index >= 15 is 0 Å². The van der Waals surface area contributed by atoms with Crippen LogP contribution in [0.15, 0.2) is 30.5 Å². The number of nitrogens with one attached hydrogen (secondary N) is 1. The Morgan fingerprint density at radius 1 is 1.14 bits per heavy atom. The van der Waals surface area contributed by atoms with E-state index in [0.717, 1.165) is 23.8 Å². The van der Waals surface area contributed by atoms with Gasteiger partial charge in [-0.2, -0.15) is 8.75 Å². The van der Waals surface area contributed by atoms with Crippen LogP contribution >= 0.6 is 11.7 Å². The SMILES string of the molecule is CN(C)Cc1ccc(CN(C)C(=O)Nc2cnsn2)cc1. The summed E-state index contributed by atoms with van der Waals surface area (Å²) in [6, 6.07) is 8.08. The van der Waals surface area contributed by atoms with E-state index in [4.69, 9.17) is 0 Å². The molecule has 0 saturated carbocycles. The maximum absolute atomic E-state index is 12.0. The third kappa shape index (κ3) is 4.80. The molecule has 21 heavy (non-hydrogen) atoms. The van der Waals surface area contributed by atoms with Gasteiger partial charge in [-0.3, -0.25) is 5.32 Å². The molecular formula is C14H19N5OS. The van der Waals surface area contributed by atoms with Crippen LogP contribution in [-0.2, 0) is 13.1 Å². The fraction of sp³-hybridized carbons (Fsp3) is 0.357.